The standard InChI is InChI=1S/C13H16N4O/c1-13(9-18,10-5-3-2-4-6-10)17-12-15-8-7-11(14)16-12/h2-8,18H,9H2,1H3,(H3,14,15,16,17). The van der Waals surface area contributed by atoms with E-state index in [0.29, 0.717) is 11.8 Å². The van der Waals surface area contributed by atoms with Crippen molar-refractivity contribution >= 4 is 11.8 Å². The monoisotopic (exact) mass is 244 g/mol. The minimum absolute atomic E-state index is 0.0742. The van der Waals surface area contributed by atoms with E-state index in [9.17, 15) is 5.11 Å². The van der Waals surface area contributed by atoms with Crippen LogP contribution in [0, 0.1) is 0 Å². The third kappa shape index (κ3) is 2.57. The molecule has 2 aromatic rings. The highest BCUT2D eigenvalue weighted by molar-refractivity contribution is 5.40. The van der Waals surface area contributed by atoms with E-state index in [1.54, 1.807) is 12.3 Å². The van der Waals surface area contributed by atoms with Crippen LogP contribution in [-0.2, 0) is 5.54 Å². The lowest BCUT2D eigenvalue weighted by Gasteiger charge is -2.29. The molecule has 18 heavy (non-hydrogen) atoms. The number of rotatable bonds is 4. The summed E-state index contributed by atoms with van der Waals surface area (Å²) >= 11 is 0. The van der Waals surface area contributed by atoms with Crippen LogP contribution in [0.4, 0.5) is 11.8 Å². The Balaban J connectivity index is 2.29. The van der Waals surface area contributed by atoms with Gasteiger partial charge in [-0.1, -0.05) is 30.3 Å². The summed E-state index contributed by atoms with van der Waals surface area (Å²) in [6.07, 6.45) is 1.58. The molecule has 1 atom stereocenters. The quantitative estimate of drug-likeness (QED) is 0.756. The minimum atomic E-state index is -0.644. The number of aliphatic hydroxyl groups excluding tert-OH is 1. The van der Waals surface area contributed by atoms with Gasteiger partial charge in [0.2, 0.25) is 5.95 Å². The van der Waals surface area contributed by atoms with Crippen LogP contribution < -0.4 is 11.1 Å². The molecule has 0 spiro atoms. The number of hydrogen-bond acceptors (Lipinski definition) is 5. The molecule has 1 unspecified atom stereocenters. The Morgan fingerprint density at radius 3 is 2.61 bits per heavy atom. The molecular formula is C13H16N4O. The molecule has 94 valence electrons. The predicted octanol–water partition coefficient (Wildman–Crippen LogP) is 1.38. The molecule has 0 aliphatic rings. The largest absolute Gasteiger partial charge is 0.394 e. The average molecular weight is 244 g/mol. The number of aromatic nitrogens is 2. The van der Waals surface area contributed by atoms with Crippen molar-refractivity contribution in [3.63, 3.8) is 0 Å². The molecule has 5 nitrogen and oxygen atoms in total. The van der Waals surface area contributed by atoms with E-state index in [1.807, 2.05) is 37.3 Å². The topological polar surface area (TPSA) is 84.1 Å². The number of nitrogens with zero attached hydrogens (tertiary/aromatic N) is 2. The van der Waals surface area contributed by atoms with Crippen LogP contribution in [-0.4, -0.2) is 21.7 Å². The van der Waals surface area contributed by atoms with Crippen LogP contribution in [0.5, 0.6) is 0 Å². The van der Waals surface area contributed by atoms with Crippen LogP contribution in [0.15, 0.2) is 42.6 Å². The number of nitrogens with two attached hydrogens (primary N) is 1. The minimum Gasteiger partial charge on any atom is -0.394 e. The van der Waals surface area contributed by atoms with Gasteiger partial charge in [-0.2, -0.15) is 4.98 Å². The molecule has 0 saturated heterocycles. The van der Waals surface area contributed by atoms with Crippen molar-refractivity contribution < 1.29 is 5.11 Å². The summed E-state index contributed by atoms with van der Waals surface area (Å²) in [4.78, 5) is 8.16. The van der Waals surface area contributed by atoms with Gasteiger partial charge < -0.3 is 16.2 Å². The van der Waals surface area contributed by atoms with E-state index >= 15 is 0 Å². The van der Waals surface area contributed by atoms with Gasteiger partial charge in [0.1, 0.15) is 5.82 Å². The molecule has 1 heterocycles. The van der Waals surface area contributed by atoms with E-state index in [4.69, 9.17) is 5.73 Å². The summed E-state index contributed by atoms with van der Waals surface area (Å²) < 4.78 is 0. The second-order valence-electron chi connectivity index (χ2n) is 4.29. The zero-order valence-corrected chi connectivity index (χ0v) is 10.2. The van der Waals surface area contributed by atoms with Gasteiger partial charge in [-0.15, -0.1) is 0 Å². The molecule has 4 N–H and O–H groups in total. The fourth-order valence-electron chi connectivity index (χ4n) is 1.69. The molecule has 0 fully saturated rings. The molecular weight excluding hydrogens is 228 g/mol. The summed E-state index contributed by atoms with van der Waals surface area (Å²) in [7, 11) is 0. The zero-order chi connectivity index (χ0) is 13.0. The maximum absolute atomic E-state index is 9.62. The normalized spacial score (nSPS) is 13.9. The Morgan fingerprint density at radius 2 is 2.00 bits per heavy atom. The highest BCUT2D eigenvalue weighted by Gasteiger charge is 2.26. The van der Waals surface area contributed by atoms with Crippen molar-refractivity contribution in [2.24, 2.45) is 0 Å². The summed E-state index contributed by atoms with van der Waals surface area (Å²) in [5.74, 6) is 0.788. The van der Waals surface area contributed by atoms with Gasteiger partial charge in [-0.25, -0.2) is 4.98 Å². The van der Waals surface area contributed by atoms with Crippen molar-refractivity contribution in [1.82, 2.24) is 9.97 Å². The number of aliphatic hydroxyl groups is 1. The fraction of sp³-hybridized carbons (Fsp3) is 0.231. The second kappa shape index (κ2) is 5.01. The summed E-state index contributed by atoms with van der Waals surface area (Å²) in [6, 6.07) is 11.3. The maximum Gasteiger partial charge on any atom is 0.225 e. The smallest absolute Gasteiger partial charge is 0.225 e. The van der Waals surface area contributed by atoms with Crippen LogP contribution in [0.3, 0.4) is 0 Å². The first kappa shape index (κ1) is 12.3. The third-order valence-electron chi connectivity index (χ3n) is 2.79. The molecule has 0 bridgehead atoms. The first-order chi connectivity index (χ1) is 8.64. The number of benzene rings is 1. The van der Waals surface area contributed by atoms with Crippen molar-refractivity contribution in [2.45, 2.75) is 12.5 Å². The van der Waals surface area contributed by atoms with E-state index < -0.39 is 5.54 Å². The number of nitrogen functional groups attached to an aromatic ring is 1. The Morgan fingerprint density at radius 1 is 1.28 bits per heavy atom. The lowest BCUT2D eigenvalue weighted by Crippen LogP contribution is -2.36. The molecule has 0 amide bonds. The van der Waals surface area contributed by atoms with Gasteiger partial charge >= 0.3 is 0 Å². The molecule has 0 aliphatic carbocycles. The van der Waals surface area contributed by atoms with Crippen molar-refractivity contribution in [1.29, 1.82) is 0 Å². The average Bonchev–Trinajstić information content (AvgIpc) is 2.39. The summed E-state index contributed by atoms with van der Waals surface area (Å²) in [5, 5.41) is 12.7. The Kier molecular flexibility index (Phi) is 3.43. The summed E-state index contributed by atoms with van der Waals surface area (Å²) in [6.45, 7) is 1.81. The van der Waals surface area contributed by atoms with Crippen LogP contribution in [0.2, 0.25) is 0 Å². The first-order valence-corrected chi connectivity index (χ1v) is 5.67. The van der Waals surface area contributed by atoms with E-state index in [-0.39, 0.29) is 6.61 Å². The molecule has 1 aromatic heterocycles. The van der Waals surface area contributed by atoms with Crippen molar-refractivity contribution in [3.05, 3.63) is 48.2 Å². The predicted molar refractivity (Wildman–Crippen MR) is 70.9 cm³/mol. The second-order valence-corrected chi connectivity index (χ2v) is 4.29. The van der Waals surface area contributed by atoms with Gasteiger partial charge in [0, 0.05) is 6.20 Å². The molecule has 5 heteroatoms. The maximum atomic E-state index is 9.62. The fourth-order valence-corrected chi connectivity index (χ4v) is 1.69. The van der Waals surface area contributed by atoms with Gasteiger partial charge in [-0.3, -0.25) is 0 Å². The highest BCUT2D eigenvalue weighted by Crippen LogP contribution is 2.23. The molecule has 2 rings (SSSR count). The van der Waals surface area contributed by atoms with Crippen molar-refractivity contribution in [3.8, 4) is 0 Å². The molecule has 0 radical (unpaired) electrons. The number of hydrogen-bond donors (Lipinski definition) is 3. The van der Waals surface area contributed by atoms with Crippen LogP contribution in [0.25, 0.3) is 0 Å². The van der Waals surface area contributed by atoms with Gasteiger partial charge in [0.25, 0.3) is 0 Å². The van der Waals surface area contributed by atoms with E-state index in [1.165, 1.54) is 0 Å². The van der Waals surface area contributed by atoms with Crippen LogP contribution in [0.1, 0.15) is 12.5 Å². The Hall–Kier alpha value is -2.14. The van der Waals surface area contributed by atoms with Gasteiger partial charge in [0.15, 0.2) is 0 Å². The first-order valence-electron chi connectivity index (χ1n) is 5.67. The SMILES string of the molecule is CC(CO)(Nc1nccc(N)n1)c1ccccc1. The summed E-state index contributed by atoms with van der Waals surface area (Å²) in [5.41, 5.74) is 5.92. The van der Waals surface area contributed by atoms with Gasteiger partial charge in [0.05, 0.1) is 12.1 Å². The molecule has 0 saturated carbocycles. The van der Waals surface area contributed by atoms with E-state index in [0.717, 1.165) is 5.56 Å². The highest BCUT2D eigenvalue weighted by atomic mass is 16.3. The van der Waals surface area contributed by atoms with Gasteiger partial charge in [-0.05, 0) is 18.6 Å². The number of nitrogens with one attached hydrogen (secondary N) is 1. The Labute approximate surface area is 106 Å². The molecule has 1 aromatic carbocycles. The lowest BCUT2D eigenvalue weighted by molar-refractivity contribution is 0.223. The van der Waals surface area contributed by atoms with Crippen LogP contribution >= 0.6 is 0 Å². The zero-order valence-electron chi connectivity index (χ0n) is 10.2. The molecule has 0 aliphatic heterocycles. The third-order valence-corrected chi connectivity index (χ3v) is 2.79. The Bertz CT molecular complexity index is 517. The lowest BCUT2D eigenvalue weighted by atomic mass is 9.93. The number of anilines is 2. The van der Waals surface area contributed by atoms with Crippen molar-refractivity contribution in [2.75, 3.05) is 17.7 Å². The van der Waals surface area contributed by atoms with E-state index in [2.05, 4.69) is 15.3 Å².